The SMILES string of the molecule is O=C(Nc1ccc(-c2ccc(NC(=O)c3cccc4ccccc34)cc2)cc1)c1ccccc1. The second-order valence-electron chi connectivity index (χ2n) is 7.96. The van der Waals surface area contributed by atoms with E-state index in [1.54, 1.807) is 12.1 Å². The number of carbonyl (C=O) groups is 2. The van der Waals surface area contributed by atoms with Crippen molar-refractivity contribution in [3.05, 3.63) is 132 Å². The van der Waals surface area contributed by atoms with E-state index in [0.29, 0.717) is 11.1 Å². The number of amides is 2. The van der Waals surface area contributed by atoms with Crippen LogP contribution in [0.15, 0.2) is 121 Å². The van der Waals surface area contributed by atoms with Crippen LogP contribution in [-0.2, 0) is 0 Å². The molecule has 5 aromatic carbocycles. The first kappa shape index (κ1) is 21.2. The maximum atomic E-state index is 12.9. The lowest BCUT2D eigenvalue weighted by molar-refractivity contribution is 0.101. The third kappa shape index (κ3) is 4.57. The van der Waals surface area contributed by atoms with Crippen molar-refractivity contribution in [3.8, 4) is 11.1 Å². The number of carbonyl (C=O) groups excluding carboxylic acids is 2. The van der Waals surface area contributed by atoms with Gasteiger partial charge in [0.05, 0.1) is 0 Å². The van der Waals surface area contributed by atoms with Crippen LogP contribution < -0.4 is 10.6 Å². The summed E-state index contributed by atoms with van der Waals surface area (Å²) in [4.78, 5) is 25.2. The lowest BCUT2D eigenvalue weighted by Gasteiger charge is -2.10. The first-order valence-corrected chi connectivity index (χ1v) is 11.0. The Morgan fingerprint density at radius 1 is 0.471 bits per heavy atom. The molecule has 0 saturated heterocycles. The van der Waals surface area contributed by atoms with Crippen LogP contribution in [0.25, 0.3) is 21.9 Å². The van der Waals surface area contributed by atoms with Crippen molar-refractivity contribution in [2.45, 2.75) is 0 Å². The molecule has 5 aromatic rings. The fourth-order valence-electron chi connectivity index (χ4n) is 3.91. The third-order valence-corrected chi connectivity index (χ3v) is 5.69. The molecule has 0 unspecified atom stereocenters. The highest BCUT2D eigenvalue weighted by atomic mass is 16.2. The summed E-state index contributed by atoms with van der Waals surface area (Å²) in [5.41, 5.74) is 4.77. The van der Waals surface area contributed by atoms with Gasteiger partial charge in [-0.3, -0.25) is 9.59 Å². The first-order chi connectivity index (χ1) is 16.7. The Labute approximate surface area is 197 Å². The van der Waals surface area contributed by atoms with Crippen LogP contribution >= 0.6 is 0 Å². The van der Waals surface area contributed by atoms with E-state index in [9.17, 15) is 9.59 Å². The Bertz CT molecular complexity index is 1450. The van der Waals surface area contributed by atoms with Gasteiger partial charge in [0.25, 0.3) is 11.8 Å². The van der Waals surface area contributed by atoms with E-state index in [-0.39, 0.29) is 11.8 Å². The highest BCUT2D eigenvalue weighted by Gasteiger charge is 2.10. The standard InChI is InChI=1S/C30H22N2O2/c33-29(24-8-2-1-3-9-24)31-25-17-13-21(14-18-25)22-15-19-26(20-16-22)32-30(34)28-12-6-10-23-7-4-5-11-27(23)28/h1-20H,(H,31,33)(H,32,34). The number of hydrogen-bond acceptors (Lipinski definition) is 2. The summed E-state index contributed by atoms with van der Waals surface area (Å²) >= 11 is 0. The molecular weight excluding hydrogens is 420 g/mol. The largest absolute Gasteiger partial charge is 0.322 e. The Morgan fingerprint density at radius 2 is 1.00 bits per heavy atom. The van der Waals surface area contributed by atoms with Gasteiger partial charge in [0.15, 0.2) is 0 Å². The third-order valence-electron chi connectivity index (χ3n) is 5.69. The van der Waals surface area contributed by atoms with E-state index in [4.69, 9.17) is 0 Å². The number of anilines is 2. The summed E-state index contributed by atoms with van der Waals surface area (Å²) < 4.78 is 0. The predicted octanol–water partition coefficient (Wildman–Crippen LogP) is 7.01. The second kappa shape index (κ2) is 9.43. The van der Waals surface area contributed by atoms with Gasteiger partial charge < -0.3 is 10.6 Å². The van der Waals surface area contributed by atoms with Crippen molar-refractivity contribution in [3.63, 3.8) is 0 Å². The van der Waals surface area contributed by atoms with Gasteiger partial charge in [-0.2, -0.15) is 0 Å². The van der Waals surface area contributed by atoms with Gasteiger partial charge in [0.1, 0.15) is 0 Å². The van der Waals surface area contributed by atoms with Gasteiger partial charge >= 0.3 is 0 Å². The van der Waals surface area contributed by atoms with Gasteiger partial charge in [0.2, 0.25) is 0 Å². The molecule has 0 aliphatic heterocycles. The van der Waals surface area contributed by atoms with Gasteiger partial charge in [-0.15, -0.1) is 0 Å². The number of rotatable bonds is 5. The van der Waals surface area contributed by atoms with E-state index < -0.39 is 0 Å². The Kier molecular flexibility index (Phi) is 5.87. The molecule has 0 aliphatic carbocycles. The van der Waals surface area contributed by atoms with Gasteiger partial charge in [-0.05, 0) is 64.4 Å². The molecule has 0 aliphatic rings. The van der Waals surface area contributed by atoms with E-state index >= 15 is 0 Å². The van der Waals surface area contributed by atoms with Crippen molar-refractivity contribution in [1.29, 1.82) is 0 Å². The lowest BCUT2D eigenvalue weighted by Crippen LogP contribution is -2.12. The van der Waals surface area contributed by atoms with Crippen LogP contribution in [0, 0.1) is 0 Å². The van der Waals surface area contributed by atoms with Crippen molar-refractivity contribution in [2.24, 2.45) is 0 Å². The zero-order valence-electron chi connectivity index (χ0n) is 18.4. The van der Waals surface area contributed by atoms with Crippen molar-refractivity contribution in [1.82, 2.24) is 0 Å². The zero-order valence-corrected chi connectivity index (χ0v) is 18.4. The molecule has 4 heteroatoms. The lowest BCUT2D eigenvalue weighted by atomic mass is 10.0. The minimum atomic E-state index is -0.139. The molecule has 0 bridgehead atoms. The number of fused-ring (bicyclic) bond motifs is 1. The van der Waals surface area contributed by atoms with E-state index in [1.807, 2.05) is 109 Å². The summed E-state index contributed by atoms with van der Waals surface area (Å²) in [5.74, 6) is -0.275. The predicted molar refractivity (Wildman–Crippen MR) is 138 cm³/mol. The Morgan fingerprint density at radius 3 is 1.65 bits per heavy atom. The van der Waals surface area contributed by atoms with Gasteiger partial charge in [0, 0.05) is 22.5 Å². The minimum Gasteiger partial charge on any atom is -0.322 e. The fraction of sp³-hybridized carbons (Fsp3) is 0. The quantitative estimate of drug-likeness (QED) is 0.307. The first-order valence-electron chi connectivity index (χ1n) is 11.0. The van der Waals surface area contributed by atoms with Crippen LogP contribution in [0.4, 0.5) is 11.4 Å². The molecule has 0 saturated carbocycles. The molecule has 4 nitrogen and oxygen atoms in total. The summed E-state index contributed by atoms with van der Waals surface area (Å²) in [6.07, 6.45) is 0. The van der Waals surface area contributed by atoms with Crippen LogP contribution in [0.3, 0.4) is 0 Å². The normalized spacial score (nSPS) is 10.6. The topological polar surface area (TPSA) is 58.2 Å². The highest BCUT2D eigenvalue weighted by molar-refractivity contribution is 6.13. The number of hydrogen-bond donors (Lipinski definition) is 2. The molecule has 0 radical (unpaired) electrons. The molecule has 0 heterocycles. The maximum Gasteiger partial charge on any atom is 0.256 e. The van der Waals surface area contributed by atoms with Gasteiger partial charge in [-0.25, -0.2) is 0 Å². The van der Waals surface area contributed by atoms with Crippen LogP contribution in [-0.4, -0.2) is 11.8 Å². The molecule has 0 fully saturated rings. The van der Waals surface area contributed by atoms with Crippen LogP contribution in [0.2, 0.25) is 0 Å². The summed E-state index contributed by atoms with van der Waals surface area (Å²) in [6, 6.07) is 38.1. The average Bonchev–Trinajstić information content (AvgIpc) is 2.90. The Hall–Kier alpha value is -4.70. The molecule has 2 N–H and O–H groups in total. The van der Waals surface area contributed by atoms with Crippen molar-refractivity contribution < 1.29 is 9.59 Å². The summed E-state index contributed by atoms with van der Waals surface area (Å²) in [6.45, 7) is 0. The molecule has 164 valence electrons. The molecule has 34 heavy (non-hydrogen) atoms. The van der Waals surface area contributed by atoms with Crippen LogP contribution in [0.5, 0.6) is 0 Å². The molecular formula is C30H22N2O2. The number of benzene rings is 5. The van der Waals surface area contributed by atoms with Gasteiger partial charge in [-0.1, -0.05) is 78.9 Å². The van der Waals surface area contributed by atoms with Crippen molar-refractivity contribution in [2.75, 3.05) is 10.6 Å². The summed E-state index contributed by atoms with van der Waals surface area (Å²) in [7, 11) is 0. The highest BCUT2D eigenvalue weighted by Crippen LogP contribution is 2.25. The Balaban J connectivity index is 1.27. The second-order valence-corrected chi connectivity index (χ2v) is 7.96. The van der Waals surface area contributed by atoms with E-state index in [0.717, 1.165) is 33.3 Å². The van der Waals surface area contributed by atoms with E-state index in [2.05, 4.69) is 10.6 Å². The average molecular weight is 443 g/mol. The zero-order chi connectivity index (χ0) is 23.3. The monoisotopic (exact) mass is 442 g/mol. The van der Waals surface area contributed by atoms with E-state index in [1.165, 1.54) is 0 Å². The molecule has 5 rings (SSSR count). The number of nitrogens with one attached hydrogen (secondary N) is 2. The van der Waals surface area contributed by atoms with Crippen molar-refractivity contribution >= 4 is 34.0 Å². The minimum absolute atomic E-state index is 0.136. The fourth-order valence-corrected chi connectivity index (χ4v) is 3.91. The summed E-state index contributed by atoms with van der Waals surface area (Å²) in [5, 5.41) is 7.86. The molecule has 0 atom stereocenters. The smallest absolute Gasteiger partial charge is 0.256 e. The molecule has 0 aromatic heterocycles. The maximum absolute atomic E-state index is 12.9. The molecule has 0 spiro atoms. The molecule has 2 amide bonds. The van der Waals surface area contributed by atoms with Crippen LogP contribution in [0.1, 0.15) is 20.7 Å².